The number of nitrogens with zero attached hydrogens (tertiary/aromatic N) is 2. The average Bonchev–Trinajstić information content (AvgIpc) is 2.62. The summed E-state index contributed by atoms with van der Waals surface area (Å²) in [5.74, 6) is 1.09. The van der Waals surface area contributed by atoms with Crippen molar-refractivity contribution in [3.63, 3.8) is 0 Å². The van der Waals surface area contributed by atoms with Crippen molar-refractivity contribution in [3.05, 3.63) is 42.4 Å². The lowest BCUT2D eigenvalue weighted by Crippen LogP contribution is -2.24. The summed E-state index contributed by atoms with van der Waals surface area (Å²) < 4.78 is 5.48. The fourth-order valence-corrected chi connectivity index (χ4v) is 1.84. The third-order valence-electron chi connectivity index (χ3n) is 2.70. The van der Waals surface area contributed by atoms with Gasteiger partial charge in [-0.2, -0.15) is 0 Å². The predicted octanol–water partition coefficient (Wildman–Crippen LogP) is 1.34. The maximum atomic E-state index is 11.9. The van der Waals surface area contributed by atoms with E-state index in [1.54, 1.807) is 30.7 Å². The second-order valence-electron chi connectivity index (χ2n) is 4.03. The van der Waals surface area contributed by atoms with Gasteiger partial charge in [0.25, 0.3) is 5.91 Å². The van der Waals surface area contributed by atoms with Gasteiger partial charge in [-0.15, -0.1) is 0 Å². The molecule has 1 amide bonds. The van der Waals surface area contributed by atoms with Gasteiger partial charge in [0.2, 0.25) is 0 Å². The number of aromatic nitrogens is 2. The van der Waals surface area contributed by atoms with Crippen LogP contribution in [0.15, 0.2) is 36.8 Å². The molecular weight excluding hydrogens is 244 g/mol. The van der Waals surface area contributed by atoms with E-state index in [1.165, 1.54) is 0 Å². The minimum absolute atomic E-state index is 0.129. The van der Waals surface area contributed by atoms with E-state index < -0.39 is 0 Å². The fourth-order valence-electron chi connectivity index (χ4n) is 1.84. The smallest absolute Gasteiger partial charge is 0.255 e. The van der Waals surface area contributed by atoms with Crippen LogP contribution in [0.25, 0.3) is 0 Å². The molecule has 1 aromatic carbocycles. The Bertz CT molecular complexity index is 601. The molecule has 0 saturated carbocycles. The lowest BCUT2D eigenvalue weighted by atomic mass is 10.1. The highest BCUT2D eigenvalue weighted by Gasteiger charge is 2.16. The molecule has 1 aliphatic rings. The summed E-state index contributed by atoms with van der Waals surface area (Å²) in [4.78, 5) is 20.0. The van der Waals surface area contributed by atoms with E-state index in [-0.39, 0.29) is 5.91 Å². The maximum absolute atomic E-state index is 11.9. The van der Waals surface area contributed by atoms with Crippen LogP contribution in [-0.4, -0.2) is 29.0 Å². The molecule has 2 heterocycles. The quantitative estimate of drug-likeness (QED) is 0.848. The number of carbonyl (C=O) groups excluding carboxylic acids is 1. The van der Waals surface area contributed by atoms with Crippen LogP contribution in [0.3, 0.4) is 0 Å². The van der Waals surface area contributed by atoms with Crippen molar-refractivity contribution in [2.75, 3.05) is 18.5 Å². The second kappa shape index (κ2) is 4.93. The van der Waals surface area contributed by atoms with Crippen molar-refractivity contribution in [1.82, 2.24) is 15.3 Å². The number of amides is 1. The zero-order valence-electron chi connectivity index (χ0n) is 10.1. The van der Waals surface area contributed by atoms with Crippen LogP contribution in [0, 0.1) is 0 Å². The maximum Gasteiger partial charge on any atom is 0.255 e. The molecule has 0 fully saturated rings. The van der Waals surface area contributed by atoms with Gasteiger partial charge in [0.15, 0.2) is 0 Å². The van der Waals surface area contributed by atoms with Gasteiger partial charge in [0.1, 0.15) is 18.2 Å². The Morgan fingerprint density at radius 2 is 2.26 bits per heavy atom. The van der Waals surface area contributed by atoms with Gasteiger partial charge >= 0.3 is 0 Å². The molecule has 0 radical (unpaired) electrons. The highest BCUT2D eigenvalue weighted by Crippen LogP contribution is 2.25. The van der Waals surface area contributed by atoms with Gasteiger partial charge in [0.05, 0.1) is 18.3 Å². The zero-order valence-corrected chi connectivity index (χ0v) is 10.1. The largest absolute Gasteiger partial charge is 0.491 e. The van der Waals surface area contributed by atoms with Gasteiger partial charge in [-0.25, -0.2) is 4.98 Å². The molecule has 96 valence electrons. The molecule has 0 atom stereocenters. The summed E-state index contributed by atoms with van der Waals surface area (Å²) in [5, 5.41) is 5.86. The minimum Gasteiger partial charge on any atom is -0.491 e. The van der Waals surface area contributed by atoms with Gasteiger partial charge in [-0.05, 0) is 18.2 Å². The lowest BCUT2D eigenvalue weighted by Gasteiger charge is -2.09. The van der Waals surface area contributed by atoms with Crippen molar-refractivity contribution in [2.45, 2.75) is 0 Å². The molecule has 19 heavy (non-hydrogen) atoms. The standard InChI is InChI=1S/C13H12N4O2/c18-13-10-7-9(17-12-8-14-3-4-15-12)1-2-11(10)19-6-5-16-13/h1-4,7-8H,5-6H2,(H,15,17)(H,16,18). The molecule has 1 aliphatic heterocycles. The number of fused-ring (bicyclic) bond motifs is 1. The van der Waals surface area contributed by atoms with Crippen molar-refractivity contribution in [2.24, 2.45) is 0 Å². The Balaban J connectivity index is 1.90. The molecule has 2 N–H and O–H groups in total. The Labute approximate surface area is 109 Å². The topological polar surface area (TPSA) is 76.1 Å². The van der Waals surface area contributed by atoms with Crippen LogP contribution >= 0.6 is 0 Å². The number of nitrogens with one attached hydrogen (secondary N) is 2. The normalized spacial score (nSPS) is 13.8. The van der Waals surface area contributed by atoms with E-state index >= 15 is 0 Å². The van der Waals surface area contributed by atoms with Gasteiger partial charge in [0, 0.05) is 18.1 Å². The van der Waals surface area contributed by atoms with Crippen molar-refractivity contribution in [3.8, 4) is 5.75 Å². The molecule has 0 bridgehead atoms. The third kappa shape index (κ3) is 2.47. The predicted molar refractivity (Wildman–Crippen MR) is 69.6 cm³/mol. The number of ether oxygens (including phenoxy) is 1. The third-order valence-corrected chi connectivity index (χ3v) is 2.70. The number of carbonyl (C=O) groups is 1. The van der Waals surface area contributed by atoms with E-state index in [0.29, 0.717) is 30.3 Å². The molecule has 3 rings (SSSR count). The van der Waals surface area contributed by atoms with E-state index in [1.807, 2.05) is 6.07 Å². The molecule has 1 aromatic heterocycles. The van der Waals surface area contributed by atoms with Crippen molar-refractivity contribution in [1.29, 1.82) is 0 Å². The van der Waals surface area contributed by atoms with Crippen molar-refractivity contribution < 1.29 is 9.53 Å². The Kier molecular flexibility index (Phi) is 2.97. The first-order valence-electron chi connectivity index (χ1n) is 5.91. The van der Waals surface area contributed by atoms with Crippen molar-refractivity contribution >= 4 is 17.4 Å². The summed E-state index contributed by atoms with van der Waals surface area (Å²) in [7, 11) is 0. The van der Waals surface area contributed by atoms with Crippen LogP contribution in [0.4, 0.5) is 11.5 Å². The molecule has 6 heteroatoms. The van der Waals surface area contributed by atoms with E-state index in [0.717, 1.165) is 5.69 Å². The molecule has 0 saturated heterocycles. The summed E-state index contributed by atoms with van der Waals surface area (Å²) in [6.07, 6.45) is 4.81. The van der Waals surface area contributed by atoms with Crippen LogP contribution in [-0.2, 0) is 0 Å². The number of hydrogen-bond donors (Lipinski definition) is 2. The van der Waals surface area contributed by atoms with E-state index in [9.17, 15) is 4.79 Å². The summed E-state index contributed by atoms with van der Waals surface area (Å²) in [6.45, 7) is 0.996. The number of rotatable bonds is 2. The first kappa shape index (κ1) is 11.5. The SMILES string of the molecule is O=C1NCCOc2ccc(Nc3cnccn3)cc21. The van der Waals surface area contributed by atoms with E-state index in [2.05, 4.69) is 20.6 Å². The lowest BCUT2D eigenvalue weighted by molar-refractivity contribution is 0.0957. The van der Waals surface area contributed by atoms with E-state index in [4.69, 9.17) is 4.74 Å². The first-order valence-corrected chi connectivity index (χ1v) is 5.91. The number of benzene rings is 1. The van der Waals surface area contributed by atoms with Crippen LogP contribution in [0.1, 0.15) is 10.4 Å². The van der Waals surface area contributed by atoms with Crippen LogP contribution < -0.4 is 15.4 Å². The average molecular weight is 256 g/mol. The Morgan fingerprint density at radius 3 is 3.11 bits per heavy atom. The molecular formula is C13H12N4O2. The highest BCUT2D eigenvalue weighted by molar-refractivity contribution is 5.98. The number of anilines is 2. The van der Waals surface area contributed by atoms with Crippen LogP contribution in [0.2, 0.25) is 0 Å². The zero-order chi connectivity index (χ0) is 13.1. The summed E-state index contributed by atoms with van der Waals surface area (Å²) >= 11 is 0. The first-order chi connectivity index (χ1) is 9.33. The molecule has 2 aromatic rings. The summed E-state index contributed by atoms with van der Waals surface area (Å²) in [5.41, 5.74) is 1.28. The monoisotopic (exact) mass is 256 g/mol. The number of hydrogen-bond acceptors (Lipinski definition) is 5. The van der Waals surface area contributed by atoms with Gasteiger partial charge in [-0.3, -0.25) is 9.78 Å². The highest BCUT2D eigenvalue weighted by atomic mass is 16.5. The fraction of sp³-hybridized carbons (Fsp3) is 0.154. The van der Waals surface area contributed by atoms with Crippen LogP contribution in [0.5, 0.6) is 5.75 Å². The van der Waals surface area contributed by atoms with Gasteiger partial charge < -0.3 is 15.4 Å². The molecule has 6 nitrogen and oxygen atoms in total. The van der Waals surface area contributed by atoms with Gasteiger partial charge in [-0.1, -0.05) is 0 Å². The molecule has 0 spiro atoms. The summed E-state index contributed by atoms with van der Waals surface area (Å²) in [6, 6.07) is 5.36. The Morgan fingerprint density at radius 1 is 1.32 bits per heavy atom. The molecule has 0 aliphatic carbocycles. The Hall–Kier alpha value is -2.63. The molecule has 0 unspecified atom stereocenters. The minimum atomic E-state index is -0.129. The second-order valence-corrected chi connectivity index (χ2v) is 4.03.